The highest BCUT2D eigenvalue weighted by Gasteiger charge is 2.36. The Morgan fingerprint density at radius 2 is 1.90 bits per heavy atom. The third-order valence-corrected chi connectivity index (χ3v) is 8.02. The van der Waals surface area contributed by atoms with E-state index in [1.165, 1.54) is 51.5 Å². The molecule has 2 amide bonds. The van der Waals surface area contributed by atoms with E-state index in [2.05, 4.69) is 78.2 Å². The van der Waals surface area contributed by atoms with E-state index in [0.29, 0.717) is 19.0 Å². The van der Waals surface area contributed by atoms with Gasteiger partial charge in [-0.3, -0.25) is 0 Å². The Morgan fingerprint density at radius 3 is 2.68 bits per heavy atom. The summed E-state index contributed by atoms with van der Waals surface area (Å²) < 4.78 is 2.36. The number of carbonyl (C=O) groups excluding carboxylic acids is 1. The Bertz CT molecular complexity index is 1090. The normalized spacial score (nSPS) is 17.7. The van der Waals surface area contributed by atoms with E-state index in [1.54, 1.807) is 0 Å². The van der Waals surface area contributed by atoms with Crippen LogP contribution >= 0.6 is 11.3 Å². The summed E-state index contributed by atoms with van der Waals surface area (Å²) in [5, 5.41) is 4.53. The van der Waals surface area contributed by atoms with Gasteiger partial charge in [0.1, 0.15) is 5.00 Å². The van der Waals surface area contributed by atoms with E-state index in [0.717, 1.165) is 12.0 Å². The van der Waals surface area contributed by atoms with E-state index >= 15 is 0 Å². The molecule has 0 fully saturated rings. The molecule has 2 aromatic heterocycles. The third-order valence-electron chi connectivity index (χ3n) is 6.68. The molecule has 0 saturated heterocycles. The van der Waals surface area contributed by atoms with Crippen LogP contribution in [0.5, 0.6) is 0 Å². The third kappa shape index (κ3) is 3.69. The fourth-order valence-electron chi connectivity index (χ4n) is 5.11. The minimum absolute atomic E-state index is 0.0237. The van der Waals surface area contributed by atoms with Gasteiger partial charge in [-0.1, -0.05) is 43.7 Å². The van der Waals surface area contributed by atoms with Crippen molar-refractivity contribution in [2.45, 2.75) is 65.6 Å². The van der Waals surface area contributed by atoms with Crippen molar-refractivity contribution in [3.05, 3.63) is 75.4 Å². The van der Waals surface area contributed by atoms with Gasteiger partial charge in [-0.15, -0.1) is 11.3 Å². The van der Waals surface area contributed by atoms with Crippen LogP contribution in [-0.2, 0) is 25.9 Å². The standard InChI is InChI=1S/C26H31N3OS/c1-17(2)24-22-8-6-14-28(22)25-21(20-7-4-5-9-23(20)31-25)16-29(24)26(30)27-15-19-12-10-18(3)11-13-19/h6,8,10-14,17,24H,4-5,7,9,15-16H2,1-3H3,(H,27,30)/t24-/m0/s1. The Labute approximate surface area is 188 Å². The first-order chi connectivity index (χ1) is 15.0. The number of urea groups is 1. The first-order valence-electron chi connectivity index (χ1n) is 11.4. The van der Waals surface area contributed by atoms with E-state index in [9.17, 15) is 4.79 Å². The molecule has 2 aliphatic rings. The molecule has 1 N–H and O–H groups in total. The molecule has 1 aliphatic carbocycles. The van der Waals surface area contributed by atoms with Crippen LogP contribution in [0.1, 0.15) is 65.6 Å². The SMILES string of the molecule is Cc1ccc(CNC(=O)N2Cc3c(sc4c3CCCC4)-n3cccc3[C@@H]2C(C)C)cc1. The number of aromatic nitrogens is 1. The van der Waals surface area contributed by atoms with E-state index < -0.39 is 0 Å². The number of amides is 2. The summed E-state index contributed by atoms with van der Waals surface area (Å²) in [6.45, 7) is 7.76. The minimum Gasteiger partial charge on any atom is -0.334 e. The zero-order valence-corrected chi connectivity index (χ0v) is 19.5. The van der Waals surface area contributed by atoms with E-state index in [-0.39, 0.29) is 12.1 Å². The summed E-state index contributed by atoms with van der Waals surface area (Å²) >= 11 is 1.94. The van der Waals surface area contributed by atoms with Crippen molar-refractivity contribution in [2.24, 2.45) is 5.92 Å². The first kappa shape index (κ1) is 20.4. The first-order valence-corrected chi connectivity index (χ1v) is 12.3. The molecular weight excluding hydrogens is 402 g/mol. The summed E-state index contributed by atoms with van der Waals surface area (Å²) in [5.41, 5.74) is 6.46. The molecule has 162 valence electrons. The number of nitrogens with zero attached hydrogens (tertiary/aromatic N) is 2. The van der Waals surface area contributed by atoms with E-state index in [1.807, 2.05) is 11.3 Å². The van der Waals surface area contributed by atoms with Crippen LogP contribution in [0.15, 0.2) is 42.6 Å². The molecule has 5 rings (SSSR count). The fraction of sp³-hybridized carbons (Fsp3) is 0.423. The quantitative estimate of drug-likeness (QED) is 0.529. The number of carbonyl (C=O) groups is 1. The predicted molar refractivity (Wildman–Crippen MR) is 127 cm³/mol. The molecule has 1 aromatic carbocycles. The summed E-state index contributed by atoms with van der Waals surface area (Å²) in [5.74, 6) is 0.323. The molecule has 5 heteroatoms. The van der Waals surface area contributed by atoms with Gasteiger partial charge in [-0.2, -0.15) is 0 Å². The van der Waals surface area contributed by atoms with Crippen LogP contribution in [0.3, 0.4) is 0 Å². The summed E-state index contributed by atoms with van der Waals surface area (Å²) in [6, 6.07) is 12.8. The number of rotatable bonds is 3. The van der Waals surface area contributed by atoms with Crippen LogP contribution in [-0.4, -0.2) is 15.5 Å². The Morgan fingerprint density at radius 1 is 1.13 bits per heavy atom. The second-order valence-corrected chi connectivity index (χ2v) is 10.3. The van der Waals surface area contributed by atoms with Crippen LogP contribution in [0, 0.1) is 12.8 Å². The number of aryl methyl sites for hydroxylation is 2. The van der Waals surface area contributed by atoms with Crippen LogP contribution in [0.25, 0.3) is 5.00 Å². The van der Waals surface area contributed by atoms with Crippen LogP contribution < -0.4 is 5.32 Å². The largest absolute Gasteiger partial charge is 0.334 e. The maximum Gasteiger partial charge on any atom is 0.318 e. The Balaban J connectivity index is 1.50. The Hall–Kier alpha value is -2.53. The second kappa shape index (κ2) is 8.19. The predicted octanol–water partition coefficient (Wildman–Crippen LogP) is 6.15. The lowest BCUT2D eigenvalue weighted by Crippen LogP contribution is -2.43. The summed E-state index contributed by atoms with van der Waals surface area (Å²) in [7, 11) is 0. The molecule has 31 heavy (non-hydrogen) atoms. The molecule has 1 aliphatic heterocycles. The number of hydrogen-bond donors (Lipinski definition) is 1. The summed E-state index contributed by atoms with van der Waals surface area (Å²) in [4.78, 5) is 17.2. The van der Waals surface area contributed by atoms with Crippen molar-refractivity contribution in [3.63, 3.8) is 0 Å². The summed E-state index contributed by atoms with van der Waals surface area (Å²) in [6.07, 6.45) is 7.03. The lowest BCUT2D eigenvalue weighted by molar-refractivity contribution is 0.149. The molecule has 0 radical (unpaired) electrons. The van der Waals surface area contributed by atoms with Gasteiger partial charge in [-0.25, -0.2) is 4.79 Å². The lowest BCUT2D eigenvalue weighted by Gasteiger charge is -2.33. The number of benzene rings is 1. The monoisotopic (exact) mass is 433 g/mol. The number of nitrogens with one attached hydrogen (secondary N) is 1. The van der Waals surface area contributed by atoms with Crippen molar-refractivity contribution in [3.8, 4) is 5.00 Å². The highest BCUT2D eigenvalue weighted by atomic mass is 32.1. The Kier molecular flexibility index (Phi) is 5.39. The number of fused-ring (bicyclic) bond motifs is 5. The molecule has 0 spiro atoms. The van der Waals surface area contributed by atoms with Crippen molar-refractivity contribution in [1.29, 1.82) is 0 Å². The maximum atomic E-state index is 13.5. The van der Waals surface area contributed by atoms with Gasteiger partial charge < -0.3 is 14.8 Å². The number of thiophene rings is 1. The van der Waals surface area contributed by atoms with Gasteiger partial charge >= 0.3 is 6.03 Å². The molecule has 1 atom stereocenters. The maximum absolute atomic E-state index is 13.5. The van der Waals surface area contributed by atoms with E-state index in [4.69, 9.17) is 0 Å². The van der Waals surface area contributed by atoms with Crippen molar-refractivity contribution in [2.75, 3.05) is 0 Å². The molecule has 0 bridgehead atoms. The van der Waals surface area contributed by atoms with Crippen LogP contribution in [0.2, 0.25) is 0 Å². The lowest BCUT2D eigenvalue weighted by atomic mass is 9.94. The highest BCUT2D eigenvalue weighted by molar-refractivity contribution is 7.15. The van der Waals surface area contributed by atoms with Gasteiger partial charge in [0.2, 0.25) is 0 Å². The molecule has 4 nitrogen and oxygen atoms in total. The molecule has 0 unspecified atom stereocenters. The molecule has 0 saturated carbocycles. The van der Waals surface area contributed by atoms with Crippen LogP contribution in [0.4, 0.5) is 4.79 Å². The topological polar surface area (TPSA) is 37.3 Å². The molecular formula is C26H31N3OS. The van der Waals surface area contributed by atoms with Crippen molar-refractivity contribution < 1.29 is 4.79 Å². The van der Waals surface area contributed by atoms with Gasteiger partial charge in [-0.05, 0) is 61.8 Å². The number of hydrogen-bond acceptors (Lipinski definition) is 2. The average molecular weight is 434 g/mol. The van der Waals surface area contributed by atoms with Gasteiger partial charge in [0.15, 0.2) is 0 Å². The van der Waals surface area contributed by atoms with Gasteiger partial charge in [0, 0.05) is 28.9 Å². The van der Waals surface area contributed by atoms with Crippen molar-refractivity contribution >= 4 is 17.4 Å². The molecule has 3 aromatic rings. The highest BCUT2D eigenvalue weighted by Crippen LogP contribution is 2.43. The zero-order valence-electron chi connectivity index (χ0n) is 18.6. The fourth-order valence-corrected chi connectivity index (χ4v) is 6.51. The van der Waals surface area contributed by atoms with Crippen molar-refractivity contribution in [1.82, 2.24) is 14.8 Å². The average Bonchev–Trinajstić information content (AvgIpc) is 3.34. The van der Waals surface area contributed by atoms with Gasteiger partial charge in [0.25, 0.3) is 0 Å². The van der Waals surface area contributed by atoms with Gasteiger partial charge in [0.05, 0.1) is 12.6 Å². The zero-order chi connectivity index (χ0) is 21.5. The minimum atomic E-state index is 0.0237. The smallest absolute Gasteiger partial charge is 0.318 e. The second-order valence-electron chi connectivity index (χ2n) is 9.26. The molecule has 3 heterocycles.